The SMILES string of the molecule is O=C1N[C@H](c2ccc(-c3ccccc3Cl)o2)[C@@H](C(=O)c2ccccc2)[C@](O)(C(F)(F)F)N1. The molecular weight excluding hydrogens is 449 g/mol. The highest BCUT2D eigenvalue weighted by molar-refractivity contribution is 6.33. The lowest BCUT2D eigenvalue weighted by atomic mass is 9.79. The molecule has 1 saturated heterocycles. The van der Waals surface area contributed by atoms with Crippen molar-refractivity contribution in [1.29, 1.82) is 0 Å². The van der Waals surface area contributed by atoms with Crippen LogP contribution in [0.5, 0.6) is 0 Å². The van der Waals surface area contributed by atoms with Gasteiger partial charge in [-0.3, -0.25) is 4.79 Å². The summed E-state index contributed by atoms with van der Waals surface area (Å²) in [5.41, 5.74) is -3.43. The van der Waals surface area contributed by atoms with E-state index in [1.165, 1.54) is 41.7 Å². The molecule has 1 aliphatic rings. The van der Waals surface area contributed by atoms with Crippen LogP contribution in [0.15, 0.2) is 71.1 Å². The molecule has 32 heavy (non-hydrogen) atoms. The van der Waals surface area contributed by atoms with Gasteiger partial charge in [-0.1, -0.05) is 54.1 Å². The van der Waals surface area contributed by atoms with Gasteiger partial charge in [-0.05, 0) is 24.3 Å². The van der Waals surface area contributed by atoms with Crippen molar-refractivity contribution >= 4 is 23.4 Å². The van der Waals surface area contributed by atoms with Crippen LogP contribution in [-0.2, 0) is 0 Å². The summed E-state index contributed by atoms with van der Waals surface area (Å²) in [5, 5.41) is 14.7. The number of aliphatic hydroxyl groups is 1. The minimum atomic E-state index is -5.35. The first-order valence-corrected chi connectivity index (χ1v) is 9.81. The van der Waals surface area contributed by atoms with E-state index in [9.17, 15) is 27.9 Å². The number of Topliss-reactive ketones (excluding diaryl/α,β-unsaturated/α-hetero) is 1. The molecule has 1 aliphatic heterocycles. The lowest BCUT2D eigenvalue weighted by molar-refractivity contribution is -0.288. The van der Waals surface area contributed by atoms with Crippen molar-refractivity contribution in [3.8, 4) is 11.3 Å². The first-order chi connectivity index (χ1) is 15.1. The van der Waals surface area contributed by atoms with Crippen LogP contribution in [-0.4, -0.2) is 28.8 Å². The number of urea groups is 1. The molecular formula is C22H16ClF3N2O4. The van der Waals surface area contributed by atoms with Crippen LogP contribution in [0.25, 0.3) is 11.3 Å². The van der Waals surface area contributed by atoms with Crippen LogP contribution in [0.2, 0.25) is 5.02 Å². The van der Waals surface area contributed by atoms with Crippen molar-refractivity contribution in [3.63, 3.8) is 0 Å². The third kappa shape index (κ3) is 3.74. The molecule has 0 saturated carbocycles. The quantitative estimate of drug-likeness (QED) is 0.488. The number of hydrogen-bond donors (Lipinski definition) is 3. The molecule has 0 aliphatic carbocycles. The van der Waals surface area contributed by atoms with E-state index in [4.69, 9.17) is 16.0 Å². The summed E-state index contributed by atoms with van der Waals surface area (Å²) >= 11 is 6.16. The molecule has 10 heteroatoms. The lowest BCUT2D eigenvalue weighted by Crippen LogP contribution is -2.72. The van der Waals surface area contributed by atoms with Gasteiger partial charge in [-0.2, -0.15) is 13.2 Å². The number of rotatable bonds is 4. The molecule has 1 aromatic heterocycles. The van der Waals surface area contributed by atoms with Crippen LogP contribution < -0.4 is 10.6 Å². The van der Waals surface area contributed by atoms with Crippen molar-refractivity contribution in [2.75, 3.05) is 0 Å². The van der Waals surface area contributed by atoms with Gasteiger partial charge >= 0.3 is 12.2 Å². The number of furan rings is 1. The number of nitrogens with one attached hydrogen (secondary N) is 2. The van der Waals surface area contributed by atoms with Gasteiger partial charge in [0.25, 0.3) is 0 Å². The summed E-state index contributed by atoms with van der Waals surface area (Å²) < 4.78 is 47.5. The average Bonchev–Trinajstić information content (AvgIpc) is 3.23. The zero-order valence-electron chi connectivity index (χ0n) is 16.2. The zero-order valence-corrected chi connectivity index (χ0v) is 16.9. The Kier molecular flexibility index (Phi) is 5.47. The highest BCUT2D eigenvalue weighted by Crippen LogP contribution is 2.45. The number of amides is 2. The van der Waals surface area contributed by atoms with Crippen LogP contribution in [0.4, 0.5) is 18.0 Å². The van der Waals surface area contributed by atoms with E-state index in [0.29, 0.717) is 10.6 Å². The third-order valence-corrected chi connectivity index (χ3v) is 5.55. The molecule has 3 N–H and O–H groups in total. The highest BCUT2D eigenvalue weighted by atomic mass is 35.5. The Hall–Kier alpha value is -3.30. The Morgan fingerprint density at radius 1 is 1.03 bits per heavy atom. The number of carbonyl (C=O) groups is 2. The van der Waals surface area contributed by atoms with Crippen LogP contribution in [0.3, 0.4) is 0 Å². The number of ketones is 1. The van der Waals surface area contributed by atoms with Crippen LogP contribution in [0.1, 0.15) is 22.2 Å². The summed E-state index contributed by atoms with van der Waals surface area (Å²) in [6.45, 7) is 0. The molecule has 166 valence electrons. The Morgan fingerprint density at radius 3 is 2.34 bits per heavy atom. The highest BCUT2D eigenvalue weighted by Gasteiger charge is 2.66. The molecule has 0 radical (unpaired) electrons. The van der Waals surface area contributed by atoms with Crippen LogP contribution >= 0.6 is 11.6 Å². The topological polar surface area (TPSA) is 91.6 Å². The van der Waals surface area contributed by atoms with E-state index in [1.54, 1.807) is 30.3 Å². The maximum absolute atomic E-state index is 13.9. The van der Waals surface area contributed by atoms with E-state index < -0.39 is 35.7 Å². The minimum absolute atomic E-state index is 0.0685. The number of alkyl halides is 3. The molecule has 1 fully saturated rings. The molecule has 2 aromatic carbocycles. The Morgan fingerprint density at radius 2 is 1.69 bits per heavy atom. The summed E-state index contributed by atoms with van der Waals surface area (Å²) in [6.07, 6.45) is -5.35. The fourth-order valence-electron chi connectivity index (χ4n) is 3.68. The molecule has 3 atom stereocenters. The maximum Gasteiger partial charge on any atom is 0.437 e. The predicted molar refractivity (Wildman–Crippen MR) is 109 cm³/mol. The molecule has 0 spiro atoms. The molecule has 0 bridgehead atoms. The summed E-state index contributed by atoms with van der Waals surface area (Å²) in [4.78, 5) is 25.3. The molecule has 2 amide bonds. The minimum Gasteiger partial charge on any atom is -0.459 e. The van der Waals surface area contributed by atoms with Crippen molar-refractivity contribution in [3.05, 3.63) is 83.1 Å². The van der Waals surface area contributed by atoms with E-state index in [1.807, 2.05) is 0 Å². The molecule has 2 heterocycles. The van der Waals surface area contributed by atoms with Gasteiger partial charge in [-0.25, -0.2) is 4.79 Å². The second-order valence-electron chi connectivity index (χ2n) is 7.23. The molecule has 4 rings (SSSR count). The van der Waals surface area contributed by atoms with Gasteiger partial charge in [0.05, 0.1) is 5.02 Å². The molecule has 0 unspecified atom stereocenters. The van der Waals surface area contributed by atoms with Gasteiger partial charge in [-0.15, -0.1) is 0 Å². The predicted octanol–water partition coefficient (Wildman–Crippen LogP) is 4.70. The summed E-state index contributed by atoms with van der Waals surface area (Å²) in [5.74, 6) is -3.13. The average molecular weight is 465 g/mol. The van der Waals surface area contributed by atoms with Gasteiger partial charge in [0.1, 0.15) is 23.5 Å². The van der Waals surface area contributed by atoms with Crippen LogP contribution in [0, 0.1) is 5.92 Å². The number of carbonyl (C=O) groups excluding carboxylic acids is 2. The van der Waals surface area contributed by atoms with Gasteiger partial charge in [0, 0.05) is 11.1 Å². The normalized spacial score (nSPS) is 23.3. The Labute approximate surface area is 185 Å². The van der Waals surface area contributed by atoms with Gasteiger partial charge in [0.2, 0.25) is 5.72 Å². The van der Waals surface area contributed by atoms with Crippen molar-refractivity contribution in [2.24, 2.45) is 5.92 Å². The van der Waals surface area contributed by atoms with Crippen molar-refractivity contribution in [1.82, 2.24) is 10.6 Å². The smallest absolute Gasteiger partial charge is 0.437 e. The molecule has 3 aromatic rings. The largest absolute Gasteiger partial charge is 0.459 e. The van der Waals surface area contributed by atoms with Crippen molar-refractivity contribution < 1.29 is 32.3 Å². The maximum atomic E-state index is 13.9. The number of hydrogen-bond acceptors (Lipinski definition) is 4. The van der Waals surface area contributed by atoms with Gasteiger partial charge in [0.15, 0.2) is 5.78 Å². The zero-order chi connectivity index (χ0) is 23.1. The van der Waals surface area contributed by atoms with E-state index in [-0.39, 0.29) is 17.1 Å². The van der Waals surface area contributed by atoms with E-state index in [2.05, 4.69) is 5.32 Å². The van der Waals surface area contributed by atoms with E-state index in [0.717, 1.165) is 0 Å². The number of benzene rings is 2. The first-order valence-electron chi connectivity index (χ1n) is 9.43. The molecule has 6 nitrogen and oxygen atoms in total. The third-order valence-electron chi connectivity index (χ3n) is 5.22. The second-order valence-corrected chi connectivity index (χ2v) is 7.64. The van der Waals surface area contributed by atoms with Crippen molar-refractivity contribution in [2.45, 2.75) is 17.9 Å². The van der Waals surface area contributed by atoms with Gasteiger partial charge < -0.3 is 20.2 Å². The monoisotopic (exact) mass is 464 g/mol. The fourth-order valence-corrected chi connectivity index (χ4v) is 3.91. The standard InChI is InChI=1S/C22H16ClF3N2O4/c23-14-9-5-4-8-13(14)15-10-11-16(32-15)18-17(19(29)12-6-2-1-3-7-12)21(31,22(24,25)26)28-20(30)27-18/h1-11,17-18,31H,(H2,27,28,30)/t17-,18+,21-/m0/s1. The Balaban J connectivity index is 1.82. The lowest BCUT2D eigenvalue weighted by Gasteiger charge is -2.44. The Bertz CT molecular complexity index is 1170. The second kappa shape index (κ2) is 7.99. The number of halogens is 4. The van der Waals surface area contributed by atoms with E-state index >= 15 is 0 Å². The fraction of sp³-hybridized carbons (Fsp3) is 0.182. The first kappa shape index (κ1) is 21.9. The summed E-state index contributed by atoms with van der Waals surface area (Å²) in [7, 11) is 0. The summed E-state index contributed by atoms with van der Waals surface area (Å²) in [6, 6.07) is 13.7.